The zero-order valence-corrected chi connectivity index (χ0v) is 7.76. The predicted molar refractivity (Wildman–Crippen MR) is 51.2 cm³/mol. The smallest absolute Gasteiger partial charge is 0.0682 e. The summed E-state index contributed by atoms with van der Waals surface area (Å²) >= 11 is 5.08. The van der Waals surface area contributed by atoms with Crippen LogP contribution >= 0.6 is 11.9 Å². The third-order valence-corrected chi connectivity index (χ3v) is 1.93. The molecular formula is C10H13ClO. The van der Waals surface area contributed by atoms with Gasteiger partial charge in [-0.25, -0.2) is 0 Å². The van der Waals surface area contributed by atoms with Crippen LogP contribution in [0.3, 0.4) is 0 Å². The lowest BCUT2D eigenvalue weighted by atomic mass is 10.1. The topological polar surface area (TPSA) is 9.23 Å². The molecule has 1 rings (SSSR count). The molecule has 0 radical (unpaired) electrons. The number of unbranched alkanes of at least 4 members (excludes halogenated alkanes) is 1. The van der Waals surface area contributed by atoms with E-state index in [1.54, 1.807) is 0 Å². The lowest BCUT2D eigenvalue weighted by Gasteiger charge is -1.99. The minimum absolute atomic E-state index is 0.647. The molecule has 0 fully saturated rings. The molecule has 0 saturated heterocycles. The van der Waals surface area contributed by atoms with E-state index in [9.17, 15) is 0 Å². The van der Waals surface area contributed by atoms with Crippen LogP contribution in [0.2, 0.25) is 0 Å². The molecule has 0 heterocycles. The van der Waals surface area contributed by atoms with E-state index in [0.717, 1.165) is 19.3 Å². The Hall–Kier alpha value is -0.530. The largest absolute Gasteiger partial charge is 0.279 e. The highest BCUT2D eigenvalue weighted by Gasteiger charge is 1.91. The van der Waals surface area contributed by atoms with Crippen molar-refractivity contribution >= 4 is 11.9 Å². The molecule has 0 amide bonds. The molecule has 2 heteroatoms. The molecule has 0 aliphatic carbocycles. The highest BCUT2D eigenvalue weighted by atomic mass is 35.5. The maximum absolute atomic E-state index is 5.08. The summed E-state index contributed by atoms with van der Waals surface area (Å²) in [5.41, 5.74) is 1.38. The monoisotopic (exact) mass is 184 g/mol. The van der Waals surface area contributed by atoms with Crippen LogP contribution in [0.5, 0.6) is 0 Å². The normalized spacial score (nSPS) is 10.1. The lowest BCUT2D eigenvalue weighted by Crippen LogP contribution is -1.88. The molecule has 0 spiro atoms. The van der Waals surface area contributed by atoms with Gasteiger partial charge >= 0.3 is 0 Å². The van der Waals surface area contributed by atoms with Gasteiger partial charge in [0.05, 0.1) is 18.5 Å². The average Bonchev–Trinajstić information content (AvgIpc) is 2.14. The summed E-state index contributed by atoms with van der Waals surface area (Å²) in [5.74, 6) is 0. The first-order valence-corrected chi connectivity index (χ1v) is 4.52. The van der Waals surface area contributed by atoms with Crippen LogP contribution in [0.25, 0.3) is 0 Å². The zero-order chi connectivity index (χ0) is 8.65. The third-order valence-electron chi connectivity index (χ3n) is 1.78. The standard InChI is InChI=1S/C10H13ClO/c11-12-9-5-4-8-10-6-2-1-3-7-10/h1-3,6-7H,4-5,8-9H2. The van der Waals surface area contributed by atoms with Gasteiger partial charge in [0.2, 0.25) is 0 Å². The Balaban J connectivity index is 2.16. The fourth-order valence-corrected chi connectivity index (χ4v) is 1.24. The van der Waals surface area contributed by atoms with Crippen molar-refractivity contribution in [1.29, 1.82) is 0 Å². The minimum atomic E-state index is 0.647. The fourth-order valence-electron chi connectivity index (χ4n) is 1.13. The van der Waals surface area contributed by atoms with Crippen molar-refractivity contribution in [2.75, 3.05) is 6.61 Å². The Morgan fingerprint density at radius 3 is 2.50 bits per heavy atom. The Kier molecular flexibility index (Phi) is 4.81. The highest BCUT2D eigenvalue weighted by molar-refractivity contribution is 6.07. The van der Waals surface area contributed by atoms with Crippen LogP contribution in [-0.4, -0.2) is 6.61 Å². The van der Waals surface area contributed by atoms with Crippen LogP contribution in [0, 0.1) is 0 Å². The molecular weight excluding hydrogens is 172 g/mol. The minimum Gasteiger partial charge on any atom is -0.279 e. The van der Waals surface area contributed by atoms with E-state index in [2.05, 4.69) is 28.6 Å². The van der Waals surface area contributed by atoms with E-state index in [1.165, 1.54) is 5.56 Å². The summed E-state index contributed by atoms with van der Waals surface area (Å²) in [6, 6.07) is 10.4. The van der Waals surface area contributed by atoms with Crippen molar-refractivity contribution in [3.8, 4) is 0 Å². The van der Waals surface area contributed by atoms with E-state index in [0.29, 0.717) is 6.61 Å². The van der Waals surface area contributed by atoms with Crippen molar-refractivity contribution in [1.82, 2.24) is 0 Å². The van der Waals surface area contributed by atoms with Gasteiger partial charge in [-0.2, -0.15) is 0 Å². The molecule has 1 nitrogen and oxygen atoms in total. The van der Waals surface area contributed by atoms with E-state index >= 15 is 0 Å². The van der Waals surface area contributed by atoms with Gasteiger partial charge in [0.1, 0.15) is 0 Å². The number of rotatable bonds is 5. The summed E-state index contributed by atoms with van der Waals surface area (Å²) in [6.07, 6.45) is 3.27. The predicted octanol–water partition coefficient (Wildman–Crippen LogP) is 3.18. The molecule has 1 aromatic rings. The molecule has 0 aliphatic heterocycles. The van der Waals surface area contributed by atoms with Crippen LogP contribution in [0.4, 0.5) is 0 Å². The number of hydrogen-bond donors (Lipinski definition) is 0. The quantitative estimate of drug-likeness (QED) is 0.639. The molecule has 0 saturated carbocycles. The van der Waals surface area contributed by atoms with Crippen LogP contribution < -0.4 is 0 Å². The fraction of sp³-hybridized carbons (Fsp3) is 0.400. The molecule has 66 valence electrons. The van der Waals surface area contributed by atoms with Gasteiger partial charge in [-0.05, 0) is 24.8 Å². The van der Waals surface area contributed by atoms with Gasteiger partial charge in [-0.3, -0.25) is 4.29 Å². The van der Waals surface area contributed by atoms with Gasteiger partial charge in [0.15, 0.2) is 0 Å². The van der Waals surface area contributed by atoms with Crippen molar-refractivity contribution < 1.29 is 4.29 Å². The number of aryl methyl sites for hydroxylation is 1. The van der Waals surface area contributed by atoms with E-state index in [-0.39, 0.29) is 0 Å². The summed E-state index contributed by atoms with van der Waals surface area (Å²) in [5, 5.41) is 0. The highest BCUT2D eigenvalue weighted by Crippen LogP contribution is 2.04. The van der Waals surface area contributed by atoms with E-state index in [1.807, 2.05) is 6.07 Å². The molecule has 1 aromatic carbocycles. The number of benzene rings is 1. The summed E-state index contributed by atoms with van der Waals surface area (Å²) in [6.45, 7) is 0.647. The van der Waals surface area contributed by atoms with Crippen molar-refractivity contribution in [3.05, 3.63) is 35.9 Å². The van der Waals surface area contributed by atoms with Crippen molar-refractivity contribution in [2.24, 2.45) is 0 Å². The number of halogens is 1. The van der Waals surface area contributed by atoms with Gasteiger partial charge < -0.3 is 0 Å². The molecule has 12 heavy (non-hydrogen) atoms. The van der Waals surface area contributed by atoms with Gasteiger partial charge in [-0.1, -0.05) is 30.3 Å². The summed E-state index contributed by atoms with van der Waals surface area (Å²) < 4.78 is 4.45. The van der Waals surface area contributed by atoms with Crippen LogP contribution in [0.1, 0.15) is 18.4 Å². The molecule has 0 unspecified atom stereocenters. The van der Waals surface area contributed by atoms with Crippen LogP contribution in [0.15, 0.2) is 30.3 Å². The molecule has 0 N–H and O–H groups in total. The Morgan fingerprint density at radius 1 is 1.08 bits per heavy atom. The summed E-state index contributed by atoms with van der Waals surface area (Å²) in [7, 11) is 0. The SMILES string of the molecule is ClOCCCCc1ccccc1. The Bertz CT molecular complexity index is 198. The van der Waals surface area contributed by atoms with Gasteiger partial charge in [0.25, 0.3) is 0 Å². The Morgan fingerprint density at radius 2 is 1.83 bits per heavy atom. The van der Waals surface area contributed by atoms with Gasteiger partial charge in [-0.15, -0.1) is 0 Å². The van der Waals surface area contributed by atoms with Crippen LogP contribution in [-0.2, 0) is 10.7 Å². The molecule has 0 bridgehead atoms. The maximum atomic E-state index is 5.08. The van der Waals surface area contributed by atoms with Crippen molar-refractivity contribution in [3.63, 3.8) is 0 Å². The molecule has 0 aliphatic rings. The maximum Gasteiger partial charge on any atom is 0.0682 e. The van der Waals surface area contributed by atoms with Gasteiger partial charge in [0, 0.05) is 0 Å². The summed E-state index contributed by atoms with van der Waals surface area (Å²) in [4.78, 5) is 0. The third kappa shape index (κ3) is 3.74. The first-order valence-electron chi connectivity index (χ1n) is 4.21. The molecule has 0 atom stereocenters. The molecule has 0 aromatic heterocycles. The first kappa shape index (κ1) is 9.56. The van der Waals surface area contributed by atoms with E-state index in [4.69, 9.17) is 11.9 Å². The van der Waals surface area contributed by atoms with Crippen molar-refractivity contribution in [2.45, 2.75) is 19.3 Å². The lowest BCUT2D eigenvalue weighted by molar-refractivity contribution is 0.338. The Labute approximate surface area is 78.5 Å². The van der Waals surface area contributed by atoms with E-state index < -0.39 is 0 Å². The second-order valence-corrected chi connectivity index (χ2v) is 2.97. The number of hydrogen-bond acceptors (Lipinski definition) is 1. The average molecular weight is 185 g/mol. The second kappa shape index (κ2) is 6.04. The second-order valence-electron chi connectivity index (χ2n) is 2.76. The first-order chi connectivity index (χ1) is 5.93. The zero-order valence-electron chi connectivity index (χ0n) is 7.00.